The molecule has 0 aromatic carbocycles. The molecule has 1 atom stereocenters. The molecule has 58 valence electrons. The first-order valence-corrected chi connectivity index (χ1v) is 3.41. The molecule has 0 saturated heterocycles. The molecule has 10 heavy (non-hydrogen) atoms. The van der Waals surface area contributed by atoms with Gasteiger partial charge >= 0.3 is 0 Å². The molecule has 0 saturated carbocycles. The number of nitrogens with one attached hydrogen (secondary N) is 1. The van der Waals surface area contributed by atoms with E-state index >= 15 is 0 Å². The normalized spacial score (nSPS) is 16.4. The lowest BCUT2D eigenvalue weighted by Crippen LogP contribution is -2.39. The molecular formula is C8H15NO. The van der Waals surface area contributed by atoms with Crippen LogP contribution in [-0.4, -0.2) is 23.3 Å². The highest BCUT2D eigenvalue weighted by atomic mass is 16.3. The topological polar surface area (TPSA) is 32.3 Å². The van der Waals surface area contributed by atoms with E-state index in [2.05, 4.69) is 11.2 Å². The van der Waals surface area contributed by atoms with Crippen molar-refractivity contribution in [2.24, 2.45) is 0 Å². The molecule has 0 radical (unpaired) electrons. The van der Waals surface area contributed by atoms with E-state index in [1.165, 1.54) is 0 Å². The van der Waals surface area contributed by atoms with E-state index in [1.54, 1.807) is 6.92 Å². The Kier molecular flexibility index (Phi) is 3.41. The lowest BCUT2D eigenvalue weighted by Gasteiger charge is -2.18. The number of hydrogen-bond donors (Lipinski definition) is 2. The van der Waals surface area contributed by atoms with Crippen LogP contribution in [0.5, 0.6) is 0 Å². The van der Waals surface area contributed by atoms with Crippen LogP contribution in [0, 0.1) is 12.3 Å². The number of terminal acetylenes is 1. The Balaban J connectivity index is 3.60. The van der Waals surface area contributed by atoms with Crippen molar-refractivity contribution in [3.8, 4) is 12.3 Å². The van der Waals surface area contributed by atoms with Gasteiger partial charge in [0.15, 0.2) is 0 Å². The first-order valence-electron chi connectivity index (χ1n) is 3.41. The molecule has 0 heterocycles. The molecule has 0 rings (SSSR count). The van der Waals surface area contributed by atoms with Gasteiger partial charge in [0.1, 0.15) is 5.60 Å². The molecule has 0 aromatic heterocycles. The third-order valence-electron chi connectivity index (χ3n) is 1.17. The molecule has 2 nitrogen and oxygen atoms in total. The minimum atomic E-state index is -1.01. The number of aliphatic hydroxyl groups is 1. The predicted octanol–water partition coefficient (Wildman–Crippen LogP) is 0.369. The largest absolute Gasteiger partial charge is 0.377 e. The Labute approximate surface area is 62.6 Å². The maximum Gasteiger partial charge on any atom is 0.134 e. The monoisotopic (exact) mass is 141 g/mol. The summed E-state index contributed by atoms with van der Waals surface area (Å²) in [4.78, 5) is 0. The smallest absolute Gasteiger partial charge is 0.134 e. The van der Waals surface area contributed by atoms with Crippen LogP contribution in [0.15, 0.2) is 0 Å². The van der Waals surface area contributed by atoms with Crippen molar-refractivity contribution in [3.05, 3.63) is 0 Å². The molecule has 0 aliphatic rings. The molecular weight excluding hydrogens is 126 g/mol. The zero-order chi connectivity index (χ0) is 8.20. The van der Waals surface area contributed by atoms with Crippen molar-refractivity contribution in [2.45, 2.75) is 32.4 Å². The van der Waals surface area contributed by atoms with Gasteiger partial charge in [0, 0.05) is 12.6 Å². The van der Waals surface area contributed by atoms with Crippen LogP contribution in [0.1, 0.15) is 20.8 Å². The second-order valence-electron chi connectivity index (χ2n) is 2.95. The lowest BCUT2D eigenvalue weighted by atomic mass is 10.1. The highest BCUT2D eigenvalue weighted by molar-refractivity contribution is 5.05. The minimum absolute atomic E-state index is 0.361. The van der Waals surface area contributed by atoms with Crippen molar-refractivity contribution in [1.82, 2.24) is 5.32 Å². The fourth-order valence-corrected chi connectivity index (χ4v) is 0.454. The summed E-state index contributed by atoms with van der Waals surface area (Å²) < 4.78 is 0. The first-order chi connectivity index (χ1) is 4.48. The molecule has 0 spiro atoms. The fraction of sp³-hybridized carbons (Fsp3) is 0.750. The Morgan fingerprint density at radius 2 is 2.20 bits per heavy atom. The zero-order valence-corrected chi connectivity index (χ0v) is 6.81. The maximum atomic E-state index is 9.27. The molecule has 0 aromatic rings. The van der Waals surface area contributed by atoms with Gasteiger partial charge in [-0.25, -0.2) is 0 Å². The highest BCUT2D eigenvalue weighted by Gasteiger charge is 2.15. The van der Waals surface area contributed by atoms with E-state index in [0.717, 1.165) is 0 Å². The van der Waals surface area contributed by atoms with E-state index < -0.39 is 5.60 Å². The molecule has 0 amide bonds. The Morgan fingerprint density at radius 3 is 2.50 bits per heavy atom. The molecule has 0 aliphatic carbocycles. The lowest BCUT2D eigenvalue weighted by molar-refractivity contribution is 0.118. The highest BCUT2D eigenvalue weighted by Crippen LogP contribution is 1.97. The summed E-state index contributed by atoms with van der Waals surface area (Å²) in [5.41, 5.74) is -1.01. The standard InChI is InChI=1S/C8H15NO/c1-5-8(4,10)6-9-7(2)3/h1,7,9-10H,6H2,2-4H3. The van der Waals surface area contributed by atoms with Crippen LogP contribution in [-0.2, 0) is 0 Å². The van der Waals surface area contributed by atoms with Gasteiger partial charge < -0.3 is 10.4 Å². The van der Waals surface area contributed by atoms with Crippen LogP contribution in [0.2, 0.25) is 0 Å². The zero-order valence-electron chi connectivity index (χ0n) is 6.81. The van der Waals surface area contributed by atoms with Crippen molar-refractivity contribution in [2.75, 3.05) is 6.54 Å². The first kappa shape index (κ1) is 9.48. The third kappa shape index (κ3) is 4.37. The van der Waals surface area contributed by atoms with Crippen molar-refractivity contribution in [3.63, 3.8) is 0 Å². The second-order valence-corrected chi connectivity index (χ2v) is 2.95. The molecule has 0 bridgehead atoms. The van der Waals surface area contributed by atoms with Crippen LogP contribution in [0.25, 0.3) is 0 Å². The molecule has 1 unspecified atom stereocenters. The second kappa shape index (κ2) is 3.60. The summed E-state index contributed by atoms with van der Waals surface area (Å²) in [5, 5.41) is 12.3. The molecule has 0 aliphatic heterocycles. The minimum Gasteiger partial charge on any atom is -0.377 e. The summed E-state index contributed by atoms with van der Waals surface area (Å²) in [6.45, 7) is 6.07. The third-order valence-corrected chi connectivity index (χ3v) is 1.17. The number of rotatable bonds is 3. The molecule has 0 fully saturated rings. The van der Waals surface area contributed by atoms with Gasteiger partial charge in [0.25, 0.3) is 0 Å². The van der Waals surface area contributed by atoms with Gasteiger partial charge in [0.2, 0.25) is 0 Å². The average molecular weight is 141 g/mol. The van der Waals surface area contributed by atoms with Gasteiger partial charge in [-0.3, -0.25) is 0 Å². The summed E-state index contributed by atoms with van der Waals surface area (Å²) in [6.07, 6.45) is 5.05. The van der Waals surface area contributed by atoms with Crippen molar-refractivity contribution >= 4 is 0 Å². The van der Waals surface area contributed by atoms with E-state index in [9.17, 15) is 5.11 Å². The van der Waals surface area contributed by atoms with Crippen LogP contribution < -0.4 is 5.32 Å². The fourth-order valence-electron chi connectivity index (χ4n) is 0.454. The maximum absolute atomic E-state index is 9.27. The van der Waals surface area contributed by atoms with Crippen molar-refractivity contribution < 1.29 is 5.11 Å². The van der Waals surface area contributed by atoms with Gasteiger partial charge in [-0.15, -0.1) is 6.42 Å². The Bertz CT molecular complexity index is 133. The van der Waals surface area contributed by atoms with Gasteiger partial charge in [-0.1, -0.05) is 19.8 Å². The van der Waals surface area contributed by atoms with E-state index in [-0.39, 0.29) is 0 Å². The van der Waals surface area contributed by atoms with E-state index in [4.69, 9.17) is 6.42 Å². The van der Waals surface area contributed by atoms with E-state index in [0.29, 0.717) is 12.6 Å². The Morgan fingerprint density at radius 1 is 1.70 bits per heavy atom. The average Bonchev–Trinajstić information content (AvgIpc) is 1.85. The summed E-state index contributed by atoms with van der Waals surface area (Å²) in [5.74, 6) is 2.29. The van der Waals surface area contributed by atoms with Gasteiger partial charge in [0.05, 0.1) is 0 Å². The Hall–Kier alpha value is -0.520. The van der Waals surface area contributed by atoms with E-state index in [1.807, 2.05) is 13.8 Å². The van der Waals surface area contributed by atoms with Crippen LogP contribution in [0.4, 0.5) is 0 Å². The SMILES string of the molecule is C#CC(C)(O)CNC(C)C. The summed E-state index contributed by atoms with van der Waals surface area (Å²) >= 11 is 0. The van der Waals surface area contributed by atoms with Gasteiger partial charge in [-0.05, 0) is 6.92 Å². The van der Waals surface area contributed by atoms with Crippen LogP contribution in [0.3, 0.4) is 0 Å². The van der Waals surface area contributed by atoms with Crippen molar-refractivity contribution in [1.29, 1.82) is 0 Å². The van der Waals surface area contributed by atoms with Gasteiger partial charge in [-0.2, -0.15) is 0 Å². The number of hydrogen-bond acceptors (Lipinski definition) is 2. The molecule has 2 heteroatoms. The quantitative estimate of drug-likeness (QED) is 0.556. The van der Waals surface area contributed by atoms with Crippen LogP contribution >= 0.6 is 0 Å². The predicted molar refractivity (Wildman–Crippen MR) is 42.6 cm³/mol. The summed E-state index contributed by atoms with van der Waals surface area (Å²) in [7, 11) is 0. The summed E-state index contributed by atoms with van der Waals surface area (Å²) in [6, 6.07) is 0.361. The molecule has 2 N–H and O–H groups in total.